The second-order valence-corrected chi connectivity index (χ2v) is 11.0. The summed E-state index contributed by atoms with van der Waals surface area (Å²) in [5.74, 6) is 1.66. The molecule has 1 atom stereocenters. The zero-order valence-corrected chi connectivity index (χ0v) is 24.9. The van der Waals surface area contributed by atoms with E-state index >= 15 is 0 Å². The predicted molar refractivity (Wildman–Crippen MR) is 159 cm³/mol. The SMILES string of the molecule is CCOC(=O)C1=C(C)N=c2sc(=Cc3cc(C)n(-c4ccc5c(c4)OCO5)c3C)c(=O)n2[C@H]1c1ccc(OCC)cc1. The Hall–Kier alpha value is -4.57. The molecule has 0 amide bonds. The number of nitrogens with zero attached hydrogens (tertiary/aromatic N) is 3. The molecule has 4 aromatic rings. The molecule has 0 bridgehead atoms. The monoisotopic (exact) mass is 585 g/mol. The number of fused-ring (bicyclic) bond motifs is 2. The maximum atomic E-state index is 14.1. The van der Waals surface area contributed by atoms with Crippen molar-refractivity contribution in [2.45, 2.75) is 40.7 Å². The minimum atomic E-state index is -0.681. The van der Waals surface area contributed by atoms with Crippen LogP contribution in [0.15, 0.2) is 69.6 Å². The van der Waals surface area contributed by atoms with E-state index in [1.807, 2.05) is 69.3 Å². The lowest BCUT2D eigenvalue weighted by atomic mass is 9.96. The number of thiazole rings is 1. The first-order valence-corrected chi connectivity index (χ1v) is 14.6. The van der Waals surface area contributed by atoms with Crippen molar-refractivity contribution >= 4 is 23.4 Å². The van der Waals surface area contributed by atoms with Crippen LogP contribution in [0.25, 0.3) is 11.8 Å². The maximum Gasteiger partial charge on any atom is 0.338 e. The predicted octanol–water partition coefficient (Wildman–Crippen LogP) is 4.33. The molecule has 216 valence electrons. The van der Waals surface area contributed by atoms with E-state index in [9.17, 15) is 9.59 Å². The summed E-state index contributed by atoms with van der Waals surface area (Å²) >= 11 is 1.30. The average Bonchev–Trinajstić information content (AvgIpc) is 3.64. The van der Waals surface area contributed by atoms with Crippen LogP contribution < -0.4 is 29.1 Å². The molecule has 10 heteroatoms. The number of benzene rings is 2. The van der Waals surface area contributed by atoms with Gasteiger partial charge in [-0.15, -0.1) is 0 Å². The number of hydrogen-bond acceptors (Lipinski definition) is 8. The fraction of sp³-hybridized carbons (Fsp3) is 0.281. The number of aromatic nitrogens is 2. The Morgan fingerprint density at radius 1 is 1.05 bits per heavy atom. The normalized spacial score (nSPS) is 15.9. The number of esters is 1. The molecule has 2 aromatic carbocycles. The lowest BCUT2D eigenvalue weighted by molar-refractivity contribution is -0.139. The quantitative estimate of drug-likeness (QED) is 0.300. The van der Waals surface area contributed by atoms with Crippen molar-refractivity contribution in [2.24, 2.45) is 4.99 Å². The summed E-state index contributed by atoms with van der Waals surface area (Å²) < 4.78 is 26.3. The minimum absolute atomic E-state index is 0.212. The summed E-state index contributed by atoms with van der Waals surface area (Å²) in [6, 6.07) is 14.7. The first-order chi connectivity index (χ1) is 20.3. The molecule has 0 saturated carbocycles. The highest BCUT2D eigenvalue weighted by atomic mass is 32.1. The van der Waals surface area contributed by atoms with Crippen LogP contribution >= 0.6 is 11.3 Å². The maximum absolute atomic E-state index is 14.1. The van der Waals surface area contributed by atoms with E-state index in [-0.39, 0.29) is 19.0 Å². The molecule has 2 aliphatic heterocycles. The first-order valence-electron chi connectivity index (χ1n) is 13.8. The van der Waals surface area contributed by atoms with Gasteiger partial charge in [-0.3, -0.25) is 9.36 Å². The van der Waals surface area contributed by atoms with Gasteiger partial charge in [0.25, 0.3) is 5.56 Å². The van der Waals surface area contributed by atoms with E-state index < -0.39 is 12.0 Å². The molecular formula is C32H31N3O6S. The lowest BCUT2D eigenvalue weighted by Gasteiger charge is -2.24. The zero-order chi connectivity index (χ0) is 29.5. The van der Waals surface area contributed by atoms with Crippen molar-refractivity contribution in [3.8, 4) is 22.9 Å². The number of allylic oxidation sites excluding steroid dienone is 1. The standard InChI is InChI=1S/C32H31N3O6S/c1-6-38-24-11-8-21(9-12-24)29-28(31(37)39-7-2)19(4)33-32-35(29)30(36)27(42-32)15-22-14-18(3)34(20(22)5)23-10-13-25-26(16-23)41-17-40-25/h8-16,29H,6-7,17H2,1-5H3/t29-/m0/s1. The summed E-state index contributed by atoms with van der Waals surface area (Å²) in [6.45, 7) is 10.5. The molecule has 0 unspecified atom stereocenters. The number of rotatable bonds is 7. The molecule has 2 aliphatic rings. The van der Waals surface area contributed by atoms with Gasteiger partial charge < -0.3 is 23.5 Å². The van der Waals surface area contributed by atoms with Crippen LogP contribution in [0.3, 0.4) is 0 Å². The Balaban J connectivity index is 1.47. The Bertz CT molecular complexity index is 1910. The van der Waals surface area contributed by atoms with Gasteiger partial charge in [-0.25, -0.2) is 9.79 Å². The molecular weight excluding hydrogens is 554 g/mol. The van der Waals surface area contributed by atoms with E-state index in [4.69, 9.17) is 18.9 Å². The van der Waals surface area contributed by atoms with Gasteiger partial charge in [0, 0.05) is 23.1 Å². The topological polar surface area (TPSA) is 93.3 Å². The van der Waals surface area contributed by atoms with Gasteiger partial charge in [0.05, 0.1) is 35.1 Å². The second-order valence-electron chi connectivity index (χ2n) is 10.0. The highest BCUT2D eigenvalue weighted by Gasteiger charge is 2.33. The van der Waals surface area contributed by atoms with Gasteiger partial charge in [-0.2, -0.15) is 0 Å². The van der Waals surface area contributed by atoms with Crippen molar-refractivity contribution in [1.29, 1.82) is 0 Å². The molecule has 2 aromatic heterocycles. The third-order valence-electron chi connectivity index (χ3n) is 7.40. The van der Waals surface area contributed by atoms with Gasteiger partial charge in [-0.1, -0.05) is 23.5 Å². The summed E-state index contributed by atoms with van der Waals surface area (Å²) in [4.78, 5) is 32.4. The molecule has 0 radical (unpaired) electrons. The van der Waals surface area contributed by atoms with Crippen LogP contribution in [0.5, 0.6) is 17.2 Å². The molecule has 0 aliphatic carbocycles. The zero-order valence-electron chi connectivity index (χ0n) is 24.1. The third-order valence-corrected chi connectivity index (χ3v) is 8.38. The largest absolute Gasteiger partial charge is 0.494 e. The molecule has 6 rings (SSSR count). The van der Waals surface area contributed by atoms with Gasteiger partial charge in [-0.05, 0) is 82.2 Å². The summed E-state index contributed by atoms with van der Waals surface area (Å²) in [5.41, 5.74) is 5.27. The average molecular weight is 586 g/mol. The highest BCUT2D eigenvalue weighted by molar-refractivity contribution is 7.07. The molecule has 0 N–H and O–H groups in total. The molecule has 0 fully saturated rings. The van der Waals surface area contributed by atoms with E-state index in [2.05, 4.69) is 15.6 Å². The van der Waals surface area contributed by atoms with Crippen LogP contribution in [-0.2, 0) is 9.53 Å². The summed E-state index contributed by atoms with van der Waals surface area (Å²) in [5, 5.41) is 0. The minimum Gasteiger partial charge on any atom is -0.494 e. The van der Waals surface area contributed by atoms with Gasteiger partial charge in [0.1, 0.15) is 5.75 Å². The lowest BCUT2D eigenvalue weighted by Crippen LogP contribution is -2.39. The Kier molecular flexibility index (Phi) is 7.24. The van der Waals surface area contributed by atoms with E-state index in [0.717, 1.165) is 34.0 Å². The molecule has 0 spiro atoms. The van der Waals surface area contributed by atoms with Gasteiger partial charge in [0.2, 0.25) is 6.79 Å². The van der Waals surface area contributed by atoms with Crippen molar-refractivity contribution in [3.05, 3.63) is 102 Å². The van der Waals surface area contributed by atoms with E-state index in [1.165, 1.54) is 11.3 Å². The number of carbonyl (C=O) groups excluding carboxylic acids is 1. The number of aryl methyl sites for hydroxylation is 1. The summed E-state index contributed by atoms with van der Waals surface area (Å²) in [7, 11) is 0. The van der Waals surface area contributed by atoms with Crippen molar-refractivity contribution in [2.75, 3.05) is 20.0 Å². The fourth-order valence-corrected chi connectivity index (χ4v) is 6.55. The van der Waals surface area contributed by atoms with Crippen LogP contribution in [-0.4, -0.2) is 35.1 Å². The molecule has 4 heterocycles. The van der Waals surface area contributed by atoms with Crippen LogP contribution in [0, 0.1) is 13.8 Å². The molecule has 9 nitrogen and oxygen atoms in total. The smallest absolute Gasteiger partial charge is 0.338 e. The number of hydrogen-bond donors (Lipinski definition) is 0. The van der Waals surface area contributed by atoms with Crippen LogP contribution in [0.4, 0.5) is 0 Å². The third kappa shape index (κ3) is 4.71. The van der Waals surface area contributed by atoms with Gasteiger partial charge in [0.15, 0.2) is 16.3 Å². The molecule has 0 saturated heterocycles. The highest BCUT2D eigenvalue weighted by Crippen LogP contribution is 2.35. The van der Waals surface area contributed by atoms with Crippen molar-refractivity contribution in [1.82, 2.24) is 9.13 Å². The number of ether oxygens (including phenoxy) is 4. The van der Waals surface area contributed by atoms with Gasteiger partial charge >= 0.3 is 5.97 Å². The molecule has 42 heavy (non-hydrogen) atoms. The van der Waals surface area contributed by atoms with Crippen molar-refractivity contribution in [3.63, 3.8) is 0 Å². The fourth-order valence-electron chi connectivity index (χ4n) is 5.52. The second kappa shape index (κ2) is 11.0. The summed E-state index contributed by atoms with van der Waals surface area (Å²) in [6.07, 6.45) is 1.90. The number of carbonyl (C=O) groups is 1. The first kappa shape index (κ1) is 27.6. The van der Waals surface area contributed by atoms with Crippen LogP contribution in [0.2, 0.25) is 0 Å². The van der Waals surface area contributed by atoms with Crippen LogP contribution in [0.1, 0.15) is 49.3 Å². The van der Waals surface area contributed by atoms with E-state index in [1.54, 1.807) is 18.4 Å². The van der Waals surface area contributed by atoms with Crippen molar-refractivity contribution < 1.29 is 23.7 Å². The van der Waals surface area contributed by atoms with E-state index in [0.29, 0.717) is 38.7 Å². The Labute approximate surface area is 246 Å². The Morgan fingerprint density at radius 3 is 2.55 bits per heavy atom. The Morgan fingerprint density at radius 2 is 1.81 bits per heavy atom.